The average Bonchev–Trinajstić information content (AvgIpc) is 2.65. The van der Waals surface area contributed by atoms with Crippen LogP contribution in [0.1, 0.15) is 26.3 Å². The van der Waals surface area contributed by atoms with E-state index < -0.39 is 28.5 Å². The number of carbonyl (C=O) groups is 2. The molecule has 0 aliphatic carbocycles. The van der Waals surface area contributed by atoms with Crippen LogP contribution in [0.5, 0.6) is 5.75 Å². The fourth-order valence-corrected chi connectivity index (χ4v) is 2.48. The van der Waals surface area contributed by atoms with E-state index in [4.69, 9.17) is 34.0 Å². The molecule has 0 spiro atoms. The molecule has 2 aromatic carbocycles. The highest BCUT2D eigenvalue weighted by molar-refractivity contribution is 6.35. The SMILES string of the molecule is NC(=O)c1ccccc1O.O=C(c1ccccc1F)c1cc(F)c(Cl)nc1Cl. The Kier molecular flexibility index (Phi) is 7.03. The number of phenols is 1. The van der Waals surface area contributed by atoms with Crippen molar-refractivity contribution >= 4 is 34.9 Å². The number of aromatic hydroxyl groups is 1. The monoisotopic (exact) mass is 424 g/mol. The molecule has 1 heterocycles. The van der Waals surface area contributed by atoms with Gasteiger partial charge in [-0.15, -0.1) is 0 Å². The number of para-hydroxylation sites is 1. The van der Waals surface area contributed by atoms with Crippen LogP contribution in [0.3, 0.4) is 0 Å². The molecule has 0 bridgehead atoms. The van der Waals surface area contributed by atoms with Gasteiger partial charge in [-0.2, -0.15) is 0 Å². The van der Waals surface area contributed by atoms with E-state index in [1.807, 2.05) is 0 Å². The third-order valence-electron chi connectivity index (χ3n) is 3.42. The van der Waals surface area contributed by atoms with Gasteiger partial charge >= 0.3 is 0 Å². The molecule has 5 nitrogen and oxygen atoms in total. The minimum absolute atomic E-state index is 0.0741. The van der Waals surface area contributed by atoms with E-state index in [1.165, 1.54) is 30.3 Å². The predicted octanol–water partition coefficient (Wildman–Crippen LogP) is 4.39. The largest absolute Gasteiger partial charge is 0.507 e. The predicted molar refractivity (Wildman–Crippen MR) is 101 cm³/mol. The summed E-state index contributed by atoms with van der Waals surface area (Å²) in [7, 11) is 0. The molecular weight excluding hydrogens is 413 g/mol. The Bertz CT molecular complexity index is 1050. The molecule has 3 rings (SSSR count). The van der Waals surface area contributed by atoms with E-state index in [1.54, 1.807) is 12.1 Å². The van der Waals surface area contributed by atoms with Crippen LogP contribution < -0.4 is 5.73 Å². The first-order valence-electron chi connectivity index (χ1n) is 7.61. The van der Waals surface area contributed by atoms with Crippen LogP contribution >= 0.6 is 23.2 Å². The van der Waals surface area contributed by atoms with Gasteiger partial charge in [-0.05, 0) is 30.3 Å². The van der Waals surface area contributed by atoms with E-state index in [-0.39, 0.29) is 27.6 Å². The smallest absolute Gasteiger partial charge is 0.252 e. The first kappa shape index (κ1) is 21.3. The summed E-state index contributed by atoms with van der Waals surface area (Å²) in [6.07, 6.45) is 0. The lowest BCUT2D eigenvalue weighted by Crippen LogP contribution is -2.10. The van der Waals surface area contributed by atoms with E-state index in [9.17, 15) is 18.4 Å². The zero-order chi connectivity index (χ0) is 20.8. The maximum Gasteiger partial charge on any atom is 0.252 e. The standard InChI is InChI=1S/C12H5Cl2F2NO.C7H7NO2/c13-11-7(5-9(16)12(14)17-11)10(18)6-3-1-2-4-8(6)15;8-7(10)5-3-1-2-4-6(5)9/h1-5H;1-4,9H,(H2,8,10). The fourth-order valence-electron chi connectivity index (χ4n) is 2.08. The molecule has 0 atom stereocenters. The summed E-state index contributed by atoms with van der Waals surface area (Å²) < 4.78 is 26.7. The molecule has 0 unspecified atom stereocenters. The number of amides is 1. The van der Waals surface area contributed by atoms with Gasteiger partial charge < -0.3 is 10.8 Å². The highest BCUT2D eigenvalue weighted by Crippen LogP contribution is 2.23. The molecule has 3 N–H and O–H groups in total. The Labute approximate surface area is 168 Å². The molecule has 0 saturated carbocycles. The molecule has 144 valence electrons. The Hall–Kier alpha value is -3.03. The molecule has 1 aromatic heterocycles. The summed E-state index contributed by atoms with van der Waals surface area (Å²) in [5, 5.41) is 8.27. The lowest BCUT2D eigenvalue weighted by molar-refractivity contribution is 0.0995. The first-order chi connectivity index (χ1) is 13.2. The molecule has 3 aromatic rings. The van der Waals surface area contributed by atoms with Crippen LogP contribution in [-0.2, 0) is 0 Å². The number of nitrogens with zero attached hydrogens (tertiary/aromatic N) is 1. The molecule has 0 aliphatic rings. The molecule has 0 radical (unpaired) electrons. The number of ketones is 1. The minimum Gasteiger partial charge on any atom is -0.507 e. The number of pyridine rings is 1. The van der Waals surface area contributed by atoms with Crippen molar-refractivity contribution in [1.29, 1.82) is 0 Å². The quantitative estimate of drug-likeness (QED) is 0.481. The summed E-state index contributed by atoms with van der Waals surface area (Å²) >= 11 is 11.1. The fraction of sp³-hybridized carbons (Fsp3) is 0. The van der Waals surface area contributed by atoms with Crippen LogP contribution in [0.25, 0.3) is 0 Å². The van der Waals surface area contributed by atoms with Crippen molar-refractivity contribution in [2.45, 2.75) is 0 Å². The van der Waals surface area contributed by atoms with Crippen molar-refractivity contribution in [3.8, 4) is 5.75 Å². The normalized spacial score (nSPS) is 10.0. The third kappa shape index (κ3) is 5.03. The van der Waals surface area contributed by atoms with Gasteiger partial charge in [-0.1, -0.05) is 47.5 Å². The van der Waals surface area contributed by atoms with Crippen molar-refractivity contribution in [3.05, 3.63) is 93.2 Å². The zero-order valence-corrected chi connectivity index (χ0v) is 15.5. The second-order valence-electron chi connectivity index (χ2n) is 5.29. The van der Waals surface area contributed by atoms with Crippen LogP contribution in [0.15, 0.2) is 54.6 Å². The number of aromatic nitrogens is 1. The number of halogens is 4. The average molecular weight is 425 g/mol. The summed E-state index contributed by atoms with van der Waals surface area (Å²) in [4.78, 5) is 25.9. The number of benzene rings is 2. The maximum absolute atomic E-state index is 13.4. The Balaban J connectivity index is 0.000000237. The number of hydrogen-bond acceptors (Lipinski definition) is 4. The van der Waals surface area contributed by atoms with E-state index in [0.29, 0.717) is 0 Å². The summed E-state index contributed by atoms with van der Waals surface area (Å²) in [6, 6.07) is 12.3. The van der Waals surface area contributed by atoms with Gasteiger partial charge in [-0.3, -0.25) is 9.59 Å². The number of rotatable bonds is 3. The third-order valence-corrected chi connectivity index (χ3v) is 3.97. The van der Waals surface area contributed by atoms with Crippen molar-refractivity contribution in [3.63, 3.8) is 0 Å². The lowest BCUT2D eigenvalue weighted by atomic mass is 10.0. The maximum atomic E-state index is 13.4. The molecule has 9 heteroatoms. The zero-order valence-electron chi connectivity index (χ0n) is 14.0. The van der Waals surface area contributed by atoms with E-state index in [2.05, 4.69) is 4.98 Å². The number of nitrogens with two attached hydrogens (primary N) is 1. The van der Waals surface area contributed by atoms with Crippen molar-refractivity contribution in [2.75, 3.05) is 0 Å². The van der Waals surface area contributed by atoms with Crippen LogP contribution in [0.4, 0.5) is 8.78 Å². The number of hydrogen-bond donors (Lipinski definition) is 2. The number of primary amides is 1. The van der Waals surface area contributed by atoms with Crippen LogP contribution in [0, 0.1) is 11.6 Å². The summed E-state index contributed by atoms with van der Waals surface area (Å²) in [5.41, 5.74) is 4.63. The van der Waals surface area contributed by atoms with Gasteiger partial charge in [0, 0.05) is 0 Å². The summed E-state index contributed by atoms with van der Waals surface area (Å²) in [6.45, 7) is 0. The molecule has 0 aliphatic heterocycles. The highest BCUT2D eigenvalue weighted by atomic mass is 35.5. The van der Waals surface area contributed by atoms with Gasteiger partial charge in [-0.25, -0.2) is 13.8 Å². The second kappa shape index (κ2) is 9.25. The Morgan fingerprint density at radius 3 is 1.96 bits per heavy atom. The summed E-state index contributed by atoms with van der Waals surface area (Å²) in [5.74, 6) is -3.04. The second-order valence-corrected chi connectivity index (χ2v) is 6.01. The molecule has 0 fully saturated rings. The van der Waals surface area contributed by atoms with E-state index >= 15 is 0 Å². The van der Waals surface area contributed by atoms with Gasteiger partial charge in [0.25, 0.3) is 5.91 Å². The molecule has 28 heavy (non-hydrogen) atoms. The van der Waals surface area contributed by atoms with Crippen molar-refractivity contribution in [1.82, 2.24) is 4.98 Å². The van der Waals surface area contributed by atoms with Crippen LogP contribution in [0.2, 0.25) is 10.3 Å². The molecule has 1 amide bonds. The minimum atomic E-state index is -0.888. The first-order valence-corrected chi connectivity index (χ1v) is 8.36. The van der Waals surface area contributed by atoms with Gasteiger partial charge in [0.2, 0.25) is 0 Å². The highest BCUT2D eigenvalue weighted by Gasteiger charge is 2.19. The molecule has 0 saturated heterocycles. The molecular formula is C19H12Cl2F2N2O3. The van der Waals surface area contributed by atoms with Gasteiger partial charge in [0.1, 0.15) is 16.7 Å². The lowest BCUT2D eigenvalue weighted by Gasteiger charge is -2.05. The van der Waals surface area contributed by atoms with Gasteiger partial charge in [0.05, 0.1) is 16.7 Å². The van der Waals surface area contributed by atoms with Crippen LogP contribution in [-0.4, -0.2) is 21.8 Å². The number of carbonyl (C=O) groups excluding carboxylic acids is 2. The topological polar surface area (TPSA) is 93.3 Å². The van der Waals surface area contributed by atoms with Crippen molar-refractivity contribution in [2.24, 2.45) is 5.73 Å². The Morgan fingerprint density at radius 1 is 0.857 bits per heavy atom. The van der Waals surface area contributed by atoms with Gasteiger partial charge in [0.15, 0.2) is 16.8 Å². The van der Waals surface area contributed by atoms with Crippen molar-refractivity contribution < 1.29 is 23.5 Å². The Morgan fingerprint density at radius 2 is 1.43 bits per heavy atom. The van der Waals surface area contributed by atoms with E-state index in [0.717, 1.165) is 12.1 Å².